The molecule has 0 heterocycles. The molecule has 3 rings (SSSR count). The Kier molecular flexibility index (Phi) is 8.78. The molecule has 3 N–H and O–H groups in total. The molecule has 0 bridgehead atoms. The lowest BCUT2D eigenvalue weighted by atomic mass is 10.2. The van der Waals surface area contributed by atoms with E-state index in [1.165, 1.54) is 13.3 Å². The van der Waals surface area contributed by atoms with Crippen LogP contribution in [0.3, 0.4) is 0 Å². The van der Waals surface area contributed by atoms with Crippen LogP contribution in [0.1, 0.15) is 5.56 Å². The van der Waals surface area contributed by atoms with Crippen LogP contribution in [0, 0.1) is 0 Å². The number of methoxy groups -OCH3 is 2. The van der Waals surface area contributed by atoms with Gasteiger partial charge >= 0.3 is 11.8 Å². The number of carbonyl (C=O) groups is 3. The molecule has 0 aliphatic carbocycles. The van der Waals surface area contributed by atoms with E-state index in [4.69, 9.17) is 14.2 Å². The highest BCUT2D eigenvalue weighted by Gasteiger charge is 2.13. The molecule has 0 aliphatic heterocycles. The number of nitrogens with zero attached hydrogens (tertiary/aromatic N) is 1. The van der Waals surface area contributed by atoms with E-state index in [1.807, 2.05) is 0 Å². The van der Waals surface area contributed by atoms with Crippen LogP contribution in [0.15, 0.2) is 77.9 Å². The van der Waals surface area contributed by atoms with E-state index >= 15 is 0 Å². The van der Waals surface area contributed by atoms with Crippen molar-refractivity contribution in [2.45, 2.75) is 0 Å². The average molecular weight is 476 g/mol. The predicted octanol–water partition coefficient (Wildman–Crippen LogP) is 2.81. The SMILES string of the molecule is COc1ccc(NC(=O)COc2ccc(/C=N\NC(=O)C(=O)Nc3cccc(OC)c3)cc2)cc1. The maximum absolute atomic E-state index is 12.0. The summed E-state index contributed by atoms with van der Waals surface area (Å²) >= 11 is 0. The lowest BCUT2D eigenvalue weighted by Gasteiger charge is -2.08. The summed E-state index contributed by atoms with van der Waals surface area (Å²) in [5.41, 5.74) is 3.85. The monoisotopic (exact) mass is 476 g/mol. The molecule has 3 aromatic rings. The quantitative estimate of drug-likeness (QED) is 0.248. The Labute approximate surface area is 201 Å². The normalized spacial score (nSPS) is 10.3. The van der Waals surface area contributed by atoms with Gasteiger partial charge in [0.05, 0.1) is 20.4 Å². The van der Waals surface area contributed by atoms with Crippen molar-refractivity contribution in [3.8, 4) is 17.2 Å². The molecule has 0 fully saturated rings. The third-order valence-corrected chi connectivity index (χ3v) is 4.54. The molecule has 0 unspecified atom stereocenters. The molecular formula is C25H24N4O6. The van der Waals surface area contributed by atoms with Gasteiger partial charge in [-0.25, -0.2) is 5.43 Å². The summed E-state index contributed by atoms with van der Waals surface area (Å²) in [6, 6.07) is 20.2. The van der Waals surface area contributed by atoms with Crippen LogP contribution in [0.2, 0.25) is 0 Å². The smallest absolute Gasteiger partial charge is 0.329 e. The van der Waals surface area contributed by atoms with E-state index < -0.39 is 11.8 Å². The van der Waals surface area contributed by atoms with Crippen LogP contribution < -0.4 is 30.3 Å². The Morgan fingerprint density at radius 3 is 2.14 bits per heavy atom. The summed E-state index contributed by atoms with van der Waals surface area (Å²) < 4.78 is 15.6. The number of ether oxygens (including phenoxy) is 3. The van der Waals surface area contributed by atoms with Crippen LogP contribution in [0.25, 0.3) is 0 Å². The number of amides is 3. The molecular weight excluding hydrogens is 452 g/mol. The van der Waals surface area contributed by atoms with Crippen molar-refractivity contribution >= 4 is 35.3 Å². The van der Waals surface area contributed by atoms with Gasteiger partial charge in [0.15, 0.2) is 6.61 Å². The highest BCUT2D eigenvalue weighted by atomic mass is 16.5. The Hall–Kier alpha value is -4.86. The molecule has 0 atom stereocenters. The molecule has 0 aliphatic rings. The Bertz CT molecular complexity index is 1190. The van der Waals surface area contributed by atoms with Crippen LogP contribution in [0.4, 0.5) is 11.4 Å². The van der Waals surface area contributed by atoms with Crippen molar-refractivity contribution in [3.05, 3.63) is 78.4 Å². The number of carbonyl (C=O) groups excluding carboxylic acids is 3. The van der Waals surface area contributed by atoms with Gasteiger partial charge in [-0.3, -0.25) is 14.4 Å². The summed E-state index contributed by atoms with van der Waals surface area (Å²) in [6.07, 6.45) is 1.37. The molecule has 180 valence electrons. The summed E-state index contributed by atoms with van der Waals surface area (Å²) in [5, 5.41) is 8.96. The zero-order valence-electron chi connectivity index (χ0n) is 19.1. The lowest BCUT2D eigenvalue weighted by molar-refractivity contribution is -0.136. The van der Waals surface area contributed by atoms with E-state index in [2.05, 4.69) is 21.2 Å². The predicted molar refractivity (Wildman–Crippen MR) is 131 cm³/mol. The average Bonchev–Trinajstić information content (AvgIpc) is 2.88. The first-order valence-corrected chi connectivity index (χ1v) is 10.4. The maximum atomic E-state index is 12.0. The number of hydrogen-bond acceptors (Lipinski definition) is 7. The van der Waals surface area contributed by atoms with Gasteiger partial charge < -0.3 is 24.8 Å². The number of benzene rings is 3. The molecule has 0 saturated heterocycles. The third kappa shape index (κ3) is 7.90. The molecule has 10 heteroatoms. The zero-order valence-corrected chi connectivity index (χ0v) is 19.1. The van der Waals surface area contributed by atoms with Gasteiger partial charge in [-0.15, -0.1) is 0 Å². The van der Waals surface area contributed by atoms with Gasteiger partial charge in [0.1, 0.15) is 17.2 Å². The molecule has 10 nitrogen and oxygen atoms in total. The van der Waals surface area contributed by atoms with Crippen molar-refractivity contribution in [1.82, 2.24) is 5.43 Å². The van der Waals surface area contributed by atoms with Crippen LogP contribution >= 0.6 is 0 Å². The fourth-order valence-electron chi connectivity index (χ4n) is 2.78. The zero-order chi connectivity index (χ0) is 25.0. The summed E-state index contributed by atoms with van der Waals surface area (Å²) in [4.78, 5) is 36.0. The molecule has 0 saturated carbocycles. The second-order valence-electron chi connectivity index (χ2n) is 7.02. The van der Waals surface area contributed by atoms with Gasteiger partial charge in [0.25, 0.3) is 5.91 Å². The van der Waals surface area contributed by atoms with Crippen LogP contribution in [-0.4, -0.2) is 44.8 Å². The fraction of sp³-hybridized carbons (Fsp3) is 0.120. The number of rotatable bonds is 9. The maximum Gasteiger partial charge on any atom is 0.329 e. The minimum absolute atomic E-state index is 0.169. The number of anilines is 2. The topological polar surface area (TPSA) is 127 Å². The van der Waals surface area contributed by atoms with Gasteiger partial charge in [-0.1, -0.05) is 6.07 Å². The minimum atomic E-state index is -0.924. The van der Waals surface area contributed by atoms with E-state index in [0.717, 1.165) is 0 Å². The highest BCUT2D eigenvalue weighted by molar-refractivity contribution is 6.39. The highest BCUT2D eigenvalue weighted by Crippen LogP contribution is 2.17. The van der Waals surface area contributed by atoms with Crippen LogP contribution in [0.5, 0.6) is 17.2 Å². The first-order chi connectivity index (χ1) is 17.0. The molecule has 0 radical (unpaired) electrons. The Morgan fingerprint density at radius 2 is 1.46 bits per heavy atom. The standard InChI is InChI=1S/C25H24N4O6/c1-33-20-12-8-18(9-13-20)27-23(30)16-35-21-10-6-17(7-11-21)15-26-29-25(32)24(31)28-19-4-3-5-22(14-19)34-2/h3-15H,16H2,1-2H3,(H,27,30)(H,28,31)(H,29,32)/b26-15-. The van der Waals surface area contributed by atoms with Gasteiger partial charge in [0, 0.05) is 17.4 Å². The number of hydrazone groups is 1. The van der Waals surface area contributed by atoms with Gasteiger partial charge in [0.2, 0.25) is 0 Å². The first-order valence-electron chi connectivity index (χ1n) is 10.4. The van der Waals surface area contributed by atoms with Crippen molar-refractivity contribution in [2.75, 3.05) is 31.5 Å². The second kappa shape index (κ2) is 12.4. The largest absolute Gasteiger partial charge is 0.497 e. The number of nitrogens with one attached hydrogen (secondary N) is 3. The van der Waals surface area contributed by atoms with Crippen molar-refractivity contribution < 1.29 is 28.6 Å². The fourth-order valence-corrected chi connectivity index (χ4v) is 2.78. The molecule has 35 heavy (non-hydrogen) atoms. The van der Waals surface area contributed by atoms with E-state index in [9.17, 15) is 14.4 Å². The molecule has 0 spiro atoms. The Morgan fingerprint density at radius 1 is 0.771 bits per heavy atom. The second-order valence-corrected chi connectivity index (χ2v) is 7.02. The first kappa shape index (κ1) is 24.8. The summed E-state index contributed by atoms with van der Waals surface area (Å²) in [6.45, 7) is -0.169. The van der Waals surface area contributed by atoms with Gasteiger partial charge in [-0.05, 0) is 66.2 Å². The van der Waals surface area contributed by atoms with Crippen molar-refractivity contribution in [2.24, 2.45) is 5.10 Å². The van der Waals surface area contributed by atoms with E-state index in [-0.39, 0.29) is 12.5 Å². The van der Waals surface area contributed by atoms with E-state index in [1.54, 1.807) is 79.9 Å². The van der Waals surface area contributed by atoms with E-state index in [0.29, 0.717) is 34.2 Å². The summed E-state index contributed by atoms with van der Waals surface area (Å²) in [7, 11) is 3.07. The molecule has 0 aromatic heterocycles. The molecule has 3 aromatic carbocycles. The third-order valence-electron chi connectivity index (χ3n) is 4.54. The van der Waals surface area contributed by atoms with Gasteiger partial charge in [-0.2, -0.15) is 5.10 Å². The Balaban J connectivity index is 1.42. The summed E-state index contributed by atoms with van der Waals surface area (Å²) in [5.74, 6) is -0.381. The number of hydrogen-bond donors (Lipinski definition) is 3. The minimum Gasteiger partial charge on any atom is -0.497 e. The van der Waals surface area contributed by atoms with Crippen molar-refractivity contribution in [1.29, 1.82) is 0 Å². The van der Waals surface area contributed by atoms with Crippen molar-refractivity contribution in [3.63, 3.8) is 0 Å². The van der Waals surface area contributed by atoms with Crippen LogP contribution in [-0.2, 0) is 14.4 Å². The molecule has 3 amide bonds. The lowest BCUT2D eigenvalue weighted by Crippen LogP contribution is -2.32.